The molecule has 0 saturated heterocycles. The molecule has 0 amide bonds. The number of alkyl halides is 3. The van der Waals surface area contributed by atoms with Gasteiger partial charge in [0.15, 0.2) is 0 Å². The van der Waals surface area contributed by atoms with Gasteiger partial charge in [0.1, 0.15) is 0 Å². The molecule has 0 spiro atoms. The van der Waals surface area contributed by atoms with Crippen LogP contribution in [0, 0.1) is 0 Å². The minimum atomic E-state index is -4.31. The van der Waals surface area contributed by atoms with Crippen molar-refractivity contribution < 1.29 is 13.2 Å². The van der Waals surface area contributed by atoms with Crippen molar-refractivity contribution in [2.45, 2.75) is 19.3 Å². The lowest BCUT2D eigenvalue weighted by atomic mass is 10.1. The molecule has 0 aromatic heterocycles. The maximum absolute atomic E-state index is 12.4. The van der Waals surface area contributed by atoms with Crippen LogP contribution in [-0.2, 0) is 19.3 Å². The number of halogens is 5. The number of hydrogen-bond donors (Lipinski definition) is 1. The SMILES string of the molecule is FC(F)(F)c1ccc(CNCc2c(Cl)cccc2Cl)cc1. The van der Waals surface area contributed by atoms with E-state index in [-0.39, 0.29) is 0 Å². The van der Waals surface area contributed by atoms with Crippen LogP contribution < -0.4 is 5.32 Å². The quantitative estimate of drug-likeness (QED) is 0.800. The Morgan fingerprint density at radius 3 is 1.95 bits per heavy atom. The molecule has 0 unspecified atom stereocenters. The molecule has 2 rings (SSSR count). The van der Waals surface area contributed by atoms with Gasteiger partial charge in [-0.05, 0) is 29.8 Å². The minimum absolute atomic E-state index is 0.430. The summed E-state index contributed by atoms with van der Waals surface area (Å²) in [6.45, 7) is 0.874. The van der Waals surface area contributed by atoms with Crippen LogP contribution in [0.15, 0.2) is 42.5 Å². The van der Waals surface area contributed by atoms with Gasteiger partial charge in [-0.3, -0.25) is 0 Å². The third kappa shape index (κ3) is 4.37. The Morgan fingerprint density at radius 2 is 1.43 bits per heavy atom. The highest BCUT2D eigenvalue weighted by Gasteiger charge is 2.29. The Labute approximate surface area is 130 Å². The third-order valence-electron chi connectivity index (χ3n) is 2.97. The number of nitrogens with one attached hydrogen (secondary N) is 1. The summed E-state index contributed by atoms with van der Waals surface area (Å²) in [5, 5.41) is 4.22. The van der Waals surface area contributed by atoms with E-state index in [0.717, 1.165) is 23.3 Å². The van der Waals surface area contributed by atoms with Crippen LogP contribution in [0.3, 0.4) is 0 Å². The summed E-state index contributed by atoms with van der Waals surface area (Å²) in [4.78, 5) is 0. The first-order valence-electron chi connectivity index (χ1n) is 6.17. The maximum Gasteiger partial charge on any atom is 0.416 e. The summed E-state index contributed by atoms with van der Waals surface area (Å²) < 4.78 is 37.3. The fourth-order valence-corrected chi connectivity index (χ4v) is 2.38. The van der Waals surface area contributed by atoms with Gasteiger partial charge >= 0.3 is 6.18 Å². The van der Waals surface area contributed by atoms with Crippen LogP contribution in [0.5, 0.6) is 0 Å². The Balaban J connectivity index is 1.95. The molecule has 0 heterocycles. The summed E-state index contributed by atoms with van der Waals surface area (Å²) >= 11 is 12.1. The van der Waals surface area contributed by atoms with Crippen LogP contribution in [0.25, 0.3) is 0 Å². The third-order valence-corrected chi connectivity index (χ3v) is 3.68. The van der Waals surface area contributed by atoms with Crippen molar-refractivity contribution in [3.05, 3.63) is 69.2 Å². The first-order chi connectivity index (χ1) is 9.88. The van der Waals surface area contributed by atoms with E-state index in [1.54, 1.807) is 18.2 Å². The van der Waals surface area contributed by atoms with Gasteiger partial charge in [-0.25, -0.2) is 0 Å². The van der Waals surface area contributed by atoms with Gasteiger partial charge in [0.25, 0.3) is 0 Å². The highest BCUT2D eigenvalue weighted by Crippen LogP contribution is 2.29. The molecule has 1 N–H and O–H groups in total. The topological polar surface area (TPSA) is 12.0 Å². The molecule has 0 aliphatic heterocycles. The fraction of sp³-hybridized carbons (Fsp3) is 0.200. The summed E-state index contributed by atoms with van der Waals surface area (Å²) in [6, 6.07) is 10.3. The molecule has 0 aliphatic rings. The van der Waals surface area contributed by atoms with Crippen molar-refractivity contribution in [3.63, 3.8) is 0 Å². The second-order valence-corrected chi connectivity index (χ2v) is 5.31. The molecule has 6 heteroatoms. The van der Waals surface area contributed by atoms with Gasteiger partial charge < -0.3 is 5.32 Å². The van der Waals surface area contributed by atoms with E-state index in [2.05, 4.69) is 5.32 Å². The van der Waals surface area contributed by atoms with Crippen molar-refractivity contribution >= 4 is 23.2 Å². The lowest BCUT2D eigenvalue weighted by Gasteiger charge is -2.10. The van der Waals surface area contributed by atoms with Crippen LogP contribution >= 0.6 is 23.2 Å². The highest BCUT2D eigenvalue weighted by atomic mass is 35.5. The Bertz CT molecular complexity index is 589. The summed E-state index contributed by atoms with van der Waals surface area (Å²) in [5.41, 5.74) is 0.874. The molecule has 0 fully saturated rings. The highest BCUT2D eigenvalue weighted by molar-refractivity contribution is 6.35. The Hall–Kier alpha value is -1.23. The van der Waals surface area contributed by atoms with Gasteiger partial charge in [0.05, 0.1) is 5.56 Å². The first-order valence-corrected chi connectivity index (χ1v) is 6.93. The number of rotatable bonds is 4. The van der Waals surface area contributed by atoms with E-state index in [1.807, 2.05) is 0 Å². The summed E-state index contributed by atoms with van der Waals surface area (Å²) in [6.07, 6.45) is -4.31. The van der Waals surface area contributed by atoms with Gasteiger partial charge in [-0.1, -0.05) is 41.4 Å². The lowest BCUT2D eigenvalue weighted by molar-refractivity contribution is -0.137. The van der Waals surface area contributed by atoms with Gasteiger partial charge in [0.2, 0.25) is 0 Å². The standard InChI is InChI=1S/C15H12Cl2F3N/c16-13-2-1-3-14(17)12(13)9-21-8-10-4-6-11(7-5-10)15(18,19)20/h1-7,21H,8-9H2. The van der Waals surface area contributed by atoms with E-state index in [1.165, 1.54) is 12.1 Å². The van der Waals surface area contributed by atoms with Crippen LogP contribution in [0.2, 0.25) is 10.0 Å². The zero-order valence-corrected chi connectivity index (χ0v) is 12.4. The second-order valence-electron chi connectivity index (χ2n) is 4.50. The molecule has 0 aliphatic carbocycles. The molecule has 1 nitrogen and oxygen atoms in total. The van der Waals surface area contributed by atoms with E-state index in [4.69, 9.17) is 23.2 Å². The molecule has 0 radical (unpaired) electrons. The minimum Gasteiger partial charge on any atom is -0.309 e. The zero-order chi connectivity index (χ0) is 15.5. The smallest absolute Gasteiger partial charge is 0.309 e. The first kappa shape index (κ1) is 16.1. The zero-order valence-electron chi connectivity index (χ0n) is 10.8. The van der Waals surface area contributed by atoms with E-state index in [9.17, 15) is 13.2 Å². The largest absolute Gasteiger partial charge is 0.416 e. The van der Waals surface area contributed by atoms with Crippen LogP contribution in [0.1, 0.15) is 16.7 Å². The summed E-state index contributed by atoms with van der Waals surface area (Å²) in [7, 11) is 0. The molecule has 0 atom stereocenters. The molecule has 2 aromatic carbocycles. The van der Waals surface area contributed by atoms with Crippen molar-refractivity contribution in [3.8, 4) is 0 Å². The summed E-state index contributed by atoms with van der Waals surface area (Å²) in [5.74, 6) is 0. The van der Waals surface area contributed by atoms with Gasteiger partial charge in [-0.2, -0.15) is 13.2 Å². The van der Waals surface area contributed by atoms with Crippen LogP contribution in [0.4, 0.5) is 13.2 Å². The predicted molar refractivity (Wildman–Crippen MR) is 78.4 cm³/mol. The molecular formula is C15H12Cl2F3N. The molecule has 0 saturated carbocycles. The molecule has 21 heavy (non-hydrogen) atoms. The van der Waals surface area contributed by atoms with Crippen LogP contribution in [-0.4, -0.2) is 0 Å². The van der Waals surface area contributed by atoms with Crippen molar-refractivity contribution in [1.82, 2.24) is 5.32 Å². The Kier molecular flexibility index (Phi) is 5.14. The van der Waals surface area contributed by atoms with E-state index in [0.29, 0.717) is 23.1 Å². The fourth-order valence-electron chi connectivity index (χ4n) is 1.84. The lowest BCUT2D eigenvalue weighted by Crippen LogP contribution is -2.13. The van der Waals surface area contributed by atoms with Crippen molar-refractivity contribution in [2.24, 2.45) is 0 Å². The molecule has 0 bridgehead atoms. The van der Waals surface area contributed by atoms with Crippen molar-refractivity contribution in [2.75, 3.05) is 0 Å². The van der Waals surface area contributed by atoms with Crippen molar-refractivity contribution in [1.29, 1.82) is 0 Å². The Morgan fingerprint density at radius 1 is 0.857 bits per heavy atom. The van der Waals surface area contributed by atoms with Gasteiger partial charge in [0, 0.05) is 28.7 Å². The maximum atomic E-state index is 12.4. The number of benzene rings is 2. The number of hydrogen-bond acceptors (Lipinski definition) is 1. The average molecular weight is 334 g/mol. The molecular weight excluding hydrogens is 322 g/mol. The predicted octanol–water partition coefficient (Wildman–Crippen LogP) is 5.30. The monoisotopic (exact) mass is 333 g/mol. The second kappa shape index (κ2) is 6.69. The van der Waals surface area contributed by atoms with E-state index >= 15 is 0 Å². The molecule has 2 aromatic rings. The normalized spacial score (nSPS) is 11.7. The molecule has 112 valence electrons. The van der Waals surface area contributed by atoms with Gasteiger partial charge in [-0.15, -0.1) is 0 Å². The van der Waals surface area contributed by atoms with E-state index < -0.39 is 11.7 Å². The average Bonchev–Trinajstić information content (AvgIpc) is 2.42.